The zero-order valence-electron chi connectivity index (χ0n) is 12.3. The number of benzene rings is 1. The van der Waals surface area contributed by atoms with Gasteiger partial charge in [-0.15, -0.1) is 0 Å². The fourth-order valence-corrected chi connectivity index (χ4v) is 3.11. The molecule has 1 aromatic rings. The quantitative estimate of drug-likeness (QED) is 0.867. The van der Waals surface area contributed by atoms with Gasteiger partial charge in [0.25, 0.3) is 0 Å². The zero-order valence-corrected chi connectivity index (χ0v) is 12.3. The van der Waals surface area contributed by atoms with Crippen LogP contribution >= 0.6 is 0 Å². The molecule has 0 aliphatic heterocycles. The number of carbonyl (C=O) groups excluding carboxylic acids is 1. The Morgan fingerprint density at radius 1 is 1.25 bits per heavy atom. The van der Waals surface area contributed by atoms with Gasteiger partial charge in [-0.1, -0.05) is 49.6 Å². The summed E-state index contributed by atoms with van der Waals surface area (Å²) in [5.74, 6) is 0.534. The topological polar surface area (TPSA) is 55.1 Å². The van der Waals surface area contributed by atoms with Crippen LogP contribution in [0.5, 0.6) is 0 Å². The van der Waals surface area contributed by atoms with Crippen LogP contribution in [0.4, 0.5) is 0 Å². The highest BCUT2D eigenvalue weighted by Crippen LogP contribution is 2.26. The maximum Gasteiger partial charge on any atom is 0.227 e. The lowest BCUT2D eigenvalue weighted by atomic mass is 9.83. The lowest BCUT2D eigenvalue weighted by Crippen LogP contribution is -2.47. The van der Waals surface area contributed by atoms with Gasteiger partial charge in [0.05, 0.1) is 5.92 Å². The van der Waals surface area contributed by atoms with Crippen LogP contribution in [0.3, 0.4) is 0 Å². The minimum absolute atomic E-state index is 0.0947. The molecular weight excluding hydrogens is 248 g/mol. The van der Waals surface area contributed by atoms with E-state index in [0.717, 1.165) is 5.56 Å². The predicted octanol–water partition coefficient (Wildman–Crippen LogP) is 2.81. The van der Waals surface area contributed by atoms with E-state index in [1.165, 1.54) is 32.1 Å². The first-order valence-electron chi connectivity index (χ1n) is 7.77. The van der Waals surface area contributed by atoms with E-state index < -0.39 is 0 Å². The maximum atomic E-state index is 12.4. The third kappa shape index (κ3) is 3.83. The average Bonchev–Trinajstić information content (AvgIpc) is 2.53. The van der Waals surface area contributed by atoms with Crippen molar-refractivity contribution >= 4 is 5.91 Å². The Morgan fingerprint density at radius 2 is 1.90 bits per heavy atom. The zero-order chi connectivity index (χ0) is 14.4. The molecule has 0 bridgehead atoms. The molecule has 1 aliphatic rings. The van der Waals surface area contributed by atoms with Gasteiger partial charge in [0.15, 0.2) is 0 Å². The van der Waals surface area contributed by atoms with Gasteiger partial charge in [-0.05, 0) is 31.2 Å². The van der Waals surface area contributed by atoms with Gasteiger partial charge in [-0.25, -0.2) is 0 Å². The van der Waals surface area contributed by atoms with Crippen LogP contribution in [-0.2, 0) is 4.79 Å². The molecule has 2 unspecified atom stereocenters. The second-order valence-corrected chi connectivity index (χ2v) is 5.88. The van der Waals surface area contributed by atoms with Crippen molar-refractivity contribution in [1.29, 1.82) is 0 Å². The van der Waals surface area contributed by atoms with E-state index in [-0.39, 0.29) is 17.9 Å². The van der Waals surface area contributed by atoms with Crippen molar-refractivity contribution in [3.05, 3.63) is 35.9 Å². The Hall–Kier alpha value is -1.35. The van der Waals surface area contributed by atoms with Crippen molar-refractivity contribution in [3.8, 4) is 0 Å². The molecule has 0 radical (unpaired) electrons. The summed E-state index contributed by atoms with van der Waals surface area (Å²) in [7, 11) is 0. The van der Waals surface area contributed by atoms with E-state index in [0.29, 0.717) is 12.5 Å². The van der Waals surface area contributed by atoms with Crippen LogP contribution in [0.15, 0.2) is 30.3 Å². The summed E-state index contributed by atoms with van der Waals surface area (Å²) in [4.78, 5) is 12.4. The molecular formula is C17H26N2O. The molecule has 1 amide bonds. The first-order chi connectivity index (χ1) is 9.72. The summed E-state index contributed by atoms with van der Waals surface area (Å²) in [5, 5.41) is 3.17. The summed E-state index contributed by atoms with van der Waals surface area (Å²) in [6.07, 6.45) is 6.25. The summed E-state index contributed by atoms with van der Waals surface area (Å²) >= 11 is 0. The number of nitrogens with two attached hydrogens (primary N) is 1. The van der Waals surface area contributed by atoms with Crippen LogP contribution in [0.2, 0.25) is 0 Å². The second-order valence-electron chi connectivity index (χ2n) is 5.88. The van der Waals surface area contributed by atoms with E-state index >= 15 is 0 Å². The highest BCUT2D eigenvalue weighted by molar-refractivity contribution is 5.83. The number of carbonyl (C=O) groups is 1. The van der Waals surface area contributed by atoms with Crippen LogP contribution < -0.4 is 11.1 Å². The van der Waals surface area contributed by atoms with Crippen LogP contribution in [0, 0.1) is 5.92 Å². The van der Waals surface area contributed by atoms with Crippen molar-refractivity contribution in [2.75, 3.05) is 6.54 Å². The van der Waals surface area contributed by atoms with Gasteiger partial charge in [-0.2, -0.15) is 0 Å². The van der Waals surface area contributed by atoms with Crippen molar-refractivity contribution in [3.63, 3.8) is 0 Å². The minimum Gasteiger partial charge on any atom is -0.351 e. The number of hydrogen-bond acceptors (Lipinski definition) is 2. The summed E-state index contributed by atoms with van der Waals surface area (Å²) in [6, 6.07) is 10.1. The van der Waals surface area contributed by atoms with E-state index in [2.05, 4.69) is 5.32 Å². The monoisotopic (exact) mass is 274 g/mol. The first-order valence-corrected chi connectivity index (χ1v) is 7.77. The Kier molecular flexibility index (Phi) is 5.60. The molecule has 3 nitrogen and oxygen atoms in total. The molecule has 3 heteroatoms. The highest BCUT2D eigenvalue weighted by Gasteiger charge is 2.25. The average molecular weight is 274 g/mol. The third-order valence-electron chi connectivity index (χ3n) is 4.49. The molecule has 0 heterocycles. The van der Waals surface area contributed by atoms with E-state index in [1.807, 2.05) is 37.3 Å². The molecule has 3 N–H and O–H groups in total. The van der Waals surface area contributed by atoms with Gasteiger partial charge in [0.1, 0.15) is 0 Å². The molecule has 1 aromatic carbocycles. The van der Waals surface area contributed by atoms with E-state index in [1.54, 1.807) is 0 Å². The number of amides is 1. The Balaban J connectivity index is 1.94. The lowest BCUT2D eigenvalue weighted by molar-refractivity contribution is -0.123. The molecule has 0 spiro atoms. The molecule has 20 heavy (non-hydrogen) atoms. The van der Waals surface area contributed by atoms with Crippen LogP contribution in [0.25, 0.3) is 0 Å². The molecule has 1 saturated carbocycles. The number of nitrogens with one attached hydrogen (secondary N) is 1. The maximum absolute atomic E-state index is 12.4. The first kappa shape index (κ1) is 15.0. The van der Waals surface area contributed by atoms with Crippen molar-refractivity contribution in [1.82, 2.24) is 5.32 Å². The normalized spacial score (nSPS) is 19.3. The predicted molar refractivity (Wildman–Crippen MR) is 82.4 cm³/mol. The molecule has 2 atom stereocenters. The van der Waals surface area contributed by atoms with Gasteiger partial charge in [0, 0.05) is 12.6 Å². The smallest absolute Gasteiger partial charge is 0.227 e. The fraction of sp³-hybridized carbons (Fsp3) is 0.588. The largest absolute Gasteiger partial charge is 0.351 e. The third-order valence-corrected chi connectivity index (χ3v) is 4.49. The van der Waals surface area contributed by atoms with E-state index in [9.17, 15) is 4.79 Å². The van der Waals surface area contributed by atoms with Gasteiger partial charge >= 0.3 is 0 Å². The van der Waals surface area contributed by atoms with Crippen molar-refractivity contribution < 1.29 is 4.79 Å². The number of rotatable bonds is 5. The number of hydrogen-bond donors (Lipinski definition) is 2. The van der Waals surface area contributed by atoms with Crippen molar-refractivity contribution in [2.45, 2.75) is 51.0 Å². The molecule has 0 aromatic heterocycles. The minimum atomic E-state index is -0.117. The molecule has 2 rings (SSSR count). The standard InChI is InChI=1S/C17H26N2O/c1-13(14-8-4-2-5-9-14)17(20)19-16(12-18)15-10-6-3-7-11-15/h2,4-5,8-9,13,15-16H,3,6-7,10-12,18H2,1H3,(H,19,20). The summed E-state index contributed by atoms with van der Waals surface area (Å²) in [6.45, 7) is 2.50. The highest BCUT2D eigenvalue weighted by atomic mass is 16.1. The fourth-order valence-electron chi connectivity index (χ4n) is 3.11. The lowest BCUT2D eigenvalue weighted by Gasteiger charge is -2.31. The molecule has 1 fully saturated rings. The van der Waals surface area contributed by atoms with E-state index in [4.69, 9.17) is 5.73 Å². The Labute approximate surface area is 121 Å². The van der Waals surface area contributed by atoms with Crippen LogP contribution in [-0.4, -0.2) is 18.5 Å². The van der Waals surface area contributed by atoms with Crippen molar-refractivity contribution in [2.24, 2.45) is 11.7 Å². The molecule has 0 saturated heterocycles. The van der Waals surface area contributed by atoms with Crippen LogP contribution in [0.1, 0.15) is 50.5 Å². The Bertz CT molecular complexity index is 412. The summed E-state index contributed by atoms with van der Waals surface area (Å²) < 4.78 is 0. The molecule has 1 aliphatic carbocycles. The van der Waals surface area contributed by atoms with Gasteiger partial charge in [0.2, 0.25) is 5.91 Å². The SMILES string of the molecule is CC(C(=O)NC(CN)C1CCCCC1)c1ccccc1. The molecule has 110 valence electrons. The van der Waals surface area contributed by atoms with Gasteiger partial charge in [-0.3, -0.25) is 4.79 Å². The summed E-state index contributed by atoms with van der Waals surface area (Å²) in [5.41, 5.74) is 6.94. The second kappa shape index (κ2) is 7.44. The Morgan fingerprint density at radius 3 is 2.50 bits per heavy atom. The van der Waals surface area contributed by atoms with Gasteiger partial charge < -0.3 is 11.1 Å².